The van der Waals surface area contributed by atoms with Gasteiger partial charge in [0.2, 0.25) is 5.91 Å². The Morgan fingerprint density at radius 2 is 2.38 bits per heavy atom. The highest BCUT2D eigenvalue weighted by atomic mass is 32.1. The van der Waals surface area contributed by atoms with Gasteiger partial charge >= 0.3 is 0 Å². The van der Waals surface area contributed by atoms with Crippen LogP contribution in [-0.2, 0) is 4.79 Å². The zero-order valence-electron chi connectivity index (χ0n) is 14.0. The molecule has 0 saturated carbocycles. The van der Waals surface area contributed by atoms with Crippen LogP contribution < -0.4 is 5.32 Å². The Balaban J connectivity index is 1.45. The summed E-state index contributed by atoms with van der Waals surface area (Å²) in [7, 11) is 0. The number of imidazole rings is 1. The number of likely N-dealkylation sites (tertiary alicyclic amines) is 1. The fourth-order valence-corrected chi connectivity index (χ4v) is 3.76. The van der Waals surface area contributed by atoms with Gasteiger partial charge in [0.05, 0.1) is 30.0 Å². The second-order valence-corrected chi connectivity index (χ2v) is 6.81. The number of aromatic amines is 1. The van der Waals surface area contributed by atoms with Crippen LogP contribution in [-0.4, -0.2) is 37.3 Å². The summed E-state index contributed by atoms with van der Waals surface area (Å²) in [5.74, 6) is 0.754. The van der Waals surface area contributed by atoms with Crippen molar-refractivity contribution in [2.45, 2.75) is 18.9 Å². The number of rotatable bonds is 5. The van der Waals surface area contributed by atoms with E-state index in [9.17, 15) is 4.79 Å². The number of pyridine rings is 1. The van der Waals surface area contributed by atoms with Crippen LogP contribution in [0, 0.1) is 0 Å². The minimum Gasteiger partial charge on any atom is -0.345 e. The number of hydrogen-bond acceptors (Lipinski definition) is 6. The molecule has 0 aromatic carbocycles. The topological polar surface area (TPSA) is 86.8 Å². The van der Waals surface area contributed by atoms with Crippen LogP contribution in [0.3, 0.4) is 0 Å². The predicted molar refractivity (Wildman–Crippen MR) is 101 cm³/mol. The third kappa shape index (κ3) is 3.65. The summed E-state index contributed by atoms with van der Waals surface area (Å²) in [5.41, 5.74) is 1.74. The van der Waals surface area contributed by atoms with E-state index in [1.54, 1.807) is 30.9 Å². The molecule has 0 aliphatic carbocycles. The van der Waals surface area contributed by atoms with Crippen molar-refractivity contribution in [3.8, 4) is 0 Å². The van der Waals surface area contributed by atoms with Crippen LogP contribution in [0.15, 0.2) is 48.4 Å². The van der Waals surface area contributed by atoms with Crippen LogP contribution >= 0.6 is 11.3 Å². The van der Waals surface area contributed by atoms with Crippen molar-refractivity contribution >= 4 is 34.3 Å². The number of amides is 1. The molecule has 4 rings (SSSR count). The highest BCUT2D eigenvalue weighted by molar-refractivity contribution is 7.13. The third-order valence-corrected chi connectivity index (χ3v) is 5.00. The Morgan fingerprint density at radius 1 is 1.42 bits per heavy atom. The fraction of sp³-hybridized carbons (Fsp3) is 0.222. The second-order valence-electron chi connectivity index (χ2n) is 5.95. The maximum Gasteiger partial charge on any atom is 0.247 e. The molecule has 1 aliphatic rings. The van der Waals surface area contributed by atoms with Crippen molar-refractivity contribution in [2.24, 2.45) is 0 Å². The first-order valence-corrected chi connectivity index (χ1v) is 9.28. The molecule has 1 unspecified atom stereocenters. The number of aromatic nitrogens is 4. The monoisotopic (exact) mass is 366 g/mol. The first kappa shape index (κ1) is 16.5. The number of anilines is 2. The Labute approximate surface area is 154 Å². The van der Waals surface area contributed by atoms with Gasteiger partial charge in [0.15, 0.2) is 5.13 Å². The zero-order valence-corrected chi connectivity index (χ0v) is 14.8. The highest BCUT2D eigenvalue weighted by Gasteiger charge is 2.30. The minimum absolute atomic E-state index is 0.00525. The van der Waals surface area contributed by atoms with Gasteiger partial charge in [-0.25, -0.2) is 15.0 Å². The summed E-state index contributed by atoms with van der Waals surface area (Å²) < 4.78 is 0. The van der Waals surface area contributed by atoms with Crippen molar-refractivity contribution < 1.29 is 4.79 Å². The first-order valence-electron chi connectivity index (χ1n) is 8.40. The molecule has 3 aromatic rings. The Morgan fingerprint density at radius 3 is 3.19 bits per heavy atom. The standard InChI is InChI=1S/C18H18N6OS/c25-17(7-6-13-10-19-12-21-13)24-9-3-4-15(24)14-11-26-18(22-14)23-16-5-1-2-8-20-16/h1-2,5-8,10-12,15H,3-4,9H2,(H,19,21)(H,20,22,23)/b7-6+. The van der Waals surface area contributed by atoms with E-state index in [2.05, 4.69) is 25.3 Å². The van der Waals surface area contributed by atoms with E-state index < -0.39 is 0 Å². The molecule has 1 fully saturated rings. The largest absolute Gasteiger partial charge is 0.345 e. The summed E-state index contributed by atoms with van der Waals surface area (Å²) in [6, 6.07) is 5.71. The predicted octanol–water partition coefficient (Wildman–Crippen LogP) is 3.38. The van der Waals surface area contributed by atoms with Gasteiger partial charge in [0.25, 0.3) is 0 Å². The van der Waals surface area contributed by atoms with Crippen LogP contribution in [0.4, 0.5) is 10.9 Å². The molecule has 1 aliphatic heterocycles. The second kappa shape index (κ2) is 7.49. The zero-order chi connectivity index (χ0) is 17.8. The van der Waals surface area contributed by atoms with E-state index in [1.165, 1.54) is 11.3 Å². The van der Waals surface area contributed by atoms with Gasteiger partial charge < -0.3 is 15.2 Å². The number of carbonyl (C=O) groups is 1. The van der Waals surface area contributed by atoms with Gasteiger partial charge in [-0.2, -0.15) is 0 Å². The molecule has 0 spiro atoms. The minimum atomic E-state index is -0.00525. The lowest BCUT2D eigenvalue weighted by atomic mass is 10.1. The molecule has 8 heteroatoms. The van der Waals surface area contributed by atoms with E-state index in [-0.39, 0.29) is 11.9 Å². The Kier molecular flexibility index (Phi) is 4.74. The molecule has 0 bridgehead atoms. The van der Waals surface area contributed by atoms with Crippen molar-refractivity contribution in [1.29, 1.82) is 0 Å². The Bertz CT molecular complexity index is 890. The smallest absolute Gasteiger partial charge is 0.247 e. The molecule has 3 aromatic heterocycles. The molecule has 26 heavy (non-hydrogen) atoms. The van der Waals surface area contributed by atoms with E-state index in [0.29, 0.717) is 0 Å². The SMILES string of the molecule is O=C(/C=C/c1cnc[nH]1)N1CCCC1c1csc(Nc2ccccn2)n1. The van der Waals surface area contributed by atoms with Gasteiger partial charge in [0.1, 0.15) is 5.82 Å². The summed E-state index contributed by atoms with van der Waals surface area (Å²) >= 11 is 1.52. The van der Waals surface area contributed by atoms with Gasteiger partial charge in [-0.15, -0.1) is 11.3 Å². The van der Waals surface area contributed by atoms with Crippen LogP contribution in [0.25, 0.3) is 6.08 Å². The molecule has 7 nitrogen and oxygen atoms in total. The molecular weight excluding hydrogens is 348 g/mol. The summed E-state index contributed by atoms with van der Waals surface area (Å²) in [6.07, 6.45) is 10.3. The number of carbonyl (C=O) groups excluding carboxylic acids is 1. The molecule has 4 heterocycles. The molecule has 1 amide bonds. The Hall–Kier alpha value is -3.00. The lowest BCUT2D eigenvalue weighted by Gasteiger charge is -2.21. The highest BCUT2D eigenvalue weighted by Crippen LogP contribution is 2.34. The van der Waals surface area contributed by atoms with E-state index >= 15 is 0 Å². The molecule has 2 N–H and O–H groups in total. The quantitative estimate of drug-likeness (QED) is 0.676. The van der Waals surface area contributed by atoms with Crippen LogP contribution in [0.5, 0.6) is 0 Å². The average Bonchev–Trinajstić information content (AvgIpc) is 3.41. The number of nitrogens with zero attached hydrogens (tertiary/aromatic N) is 4. The van der Waals surface area contributed by atoms with Crippen molar-refractivity contribution in [3.05, 3.63) is 59.8 Å². The molecular formula is C18H18N6OS. The van der Waals surface area contributed by atoms with Crippen LogP contribution in [0.1, 0.15) is 30.3 Å². The summed E-state index contributed by atoms with van der Waals surface area (Å²) in [5, 5.41) is 6.00. The normalized spacial score (nSPS) is 17.1. The van der Waals surface area contributed by atoms with Gasteiger partial charge in [-0.05, 0) is 31.1 Å². The fourth-order valence-electron chi connectivity index (χ4n) is 3.00. The maximum atomic E-state index is 12.6. The number of thiazole rings is 1. The molecule has 1 atom stereocenters. The lowest BCUT2D eigenvalue weighted by molar-refractivity contribution is -0.126. The number of hydrogen-bond donors (Lipinski definition) is 2. The van der Waals surface area contributed by atoms with E-state index in [1.807, 2.05) is 28.5 Å². The van der Waals surface area contributed by atoms with Gasteiger partial charge in [-0.1, -0.05) is 6.07 Å². The molecule has 1 saturated heterocycles. The summed E-state index contributed by atoms with van der Waals surface area (Å²) in [4.78, 5) is 30.3. The molecule has 0 radical (unpaired) electrons. The summed E-state index contributed by atoms with van der Waals surface area (Å²) in [6.45, 7) is 0.747. The van der Waals surface area contributed by atoms with E-state index in [0.717, 1.165) is 41.7 Å². The van der Waals surface area contributed by atoms with Crippen LogP contribution in [0.2, 0.25) is 0 Å². The number of H-pyrrole nitrogens is 1. The molecule has 132 valence electrons. The lowest BCUT2D eigenvalue weighted by Crippen LogP contribution is -2.29. The number of nitrogens with one attached hydrogen (secondary N) is 2. The third-order valence-electron chi connectivity index (χ3n) is 4.22. The van der Waals surface area contributed by atoms with Gasteiger partial charge in [0, 0.05) is 24.2 Å². The first-order chi connectivity index (χ1) is 12.8. The van der Waals surface area contributed by atoms with Crippen molar-refractivity contribution in [2.75, 3.05) is 11.9 Å². The van der Waals surface area contributed by atoms with Crippen molar-refractivity contribution in [1.82, 2.24) is 24.8 Å². The van der Waals surface area contributed by atoms with Crippen molar-refractivity contribution in [3.63, 3.8) is 0 Å². The van der Waals surface area contributed by atoms with Gasteiger partial charge in [-0.3, -0.25) is 4.79 Å². The maximum absolute atomic E-state index is 12.6. The van der Waals surface area contributed by atoms with E-state index in [4.69, 9.17) is 0 Å². The average molecular weight is 366 g/mol.